The van der Waals surface area contributed by atoms with Crippen LogP contribution in [0.3, 0.4) is 0 Å². The Balaban J connectivity index is 1.57. The molecule has 2 fully saturated rings. The van der Waals surface area contributed by atoms with Gasteiger partial charge in [0.15, 0.2) is 4.67 Å². The third kappa shape index (κ3) is 3.37. The van der Waals surface area contributed by atoms with E-state index in [4.69, 9.17) is 4.42 Å². The van der Waals surface area contributed by atoms with Crippen LogP contribution in [0, 0.1) is 5.92 Å². The zero-order valence-corrected chi connectivity index (χ0v) is 12.3. The van der Waals surface area contributed by atoms with Gasteiger partial charge in [-0.25, -0.2) is 0 Å². The van der Waals surface area contributed by atoms with Gasteiger partial charge in [-0.05, 0) is 72.8 Å². The Bertz CT molecular complexity index is 383. The summed E-state index contributed by atoms with van der Waals surface area (Å²) in [7, 11) is 0. The van der Waals surface area contributed by atoms with Gasteiger partial charge in [-0.15, -0.1) is 0 Å². The molecule has 4 heteroatoms. The van der Waals surface area contributed by atoms with Crippen LogP contribution in [-0.2, 0) is 6.54 Å². The van der Waals surface area contributed by atoms with Crippen LogP contribution in [0.5, 0.6) is 0 Å². The van der Waals surface area contributed by atoms with Crippen molar-refractivity contribution in [3.8, 4) is 0 Å². The molecule has 0 atom stereocenters. The lowest BCUT2D eigenvalue weighted by Crippen LogP contribution is -2.36. The highest BCUT2D eigenvalue weighted by atomic mass is 79.9. The predicted molar refractivity (Wildman–Crippen MR) is 75.4 cm³/mol. The highest BCUT2D eigenvalue weighted by Gasteiger charge is 2.31. The minimum absolute atomic E-state index is 0.809. The number of rotatable bonds is 5. The molecule has 18 heavy (non-hydrogen) atoms. The van der Waals surface area contributed by atoms with E-state index in [0.29, 0.717) is 0 Å². The van der Waals surface area contributed by atoms with E-state index in [1.54, 1.807) is 0 Å². The normalized spacial score (nSPS) is 21.7. The van der Waals surface area contributed by atoms with Crippen molar-refractivity contribution < 1.29 is 4.42 Å². The monoisotopic (exact) mass is 312 g/mol. The maximum Gasteiger partial charge on any atom is 0.169 e. The summed E-state index contributed by atoms with van der Waals surface area (Å²) in [6, 6.07) is 4.89. The molecule has 1 aromatic heterocycles. The molecule has 1 aliphatic carbocycles. The summed E-state index contributed by atoms with van der Waals surface area (Å²) in [4.78, 5) is 2.63. The van der Waals surface area contributed by atoms with Crippen molar-refractivity contribution in [2.24, 2.45) is 5.92 Å². The molecule has 0 amide bonds. The lowest BCUT2D eigenvalue weighted by atomic mass is 9.97. The molecule has 0 bridgehead atoms. The molecule has 3 nitrogen and oxygen atoms in total. The Morgan fingerprint density at radius 1 is 1.22 bits per heavy atom. The predicted octanol–water partition coefficient (Wildman–Crippen LogP) is 3.01. The van der Waals surface area contributed by atoms with Crippen LogP contribution >= 0.6 is 15.9 Å². The molecular formula is C14H21BrN2O. The van der Waals surface area contributed by atoms with Gasteiger partial charge < -0.3 is 9.73 Å². The van der Waals surface area contributed by atoms with Gasteiger partial charge in [0.25, 0.3) is 0 Å². The SMILES string of the molecule is Brc1ccc(CN(CC2CCNCC2)C2CC2)o1. The molecular weight excluding hydrogens is 292 g/mol. The number of hydrogen-bond acceptors (Lipinski definition) is 3. The number of hydrogen-bond donors (Lipinski definition) is 1. The van der Waals surface area contributed by atoms with Crippen molar-refractivity contribution in [3.63, 3.8) is 0 Å². The van der Waals surface area contributed by atoms with E-state index < -0.39 is 0 Å². The van der Waals surface area contributed by atoms with E-state index >= 15 is 0 Å². The maximum atomic E-state index is 5.64. The molecule has 0 aromatic carbocycles. The third-order valence-electron chi connectivity index (χ3n) is 4.00. The summed E-state index contributed by atoms with van der Waals surface area (Å²) in [5.74, 6) is 1.95. The van der Waals surface area contributed by atoms with Crippen LogP contribution in [0.4, 0.5) is 0 Å². The van der Waals surface area contributed by atoms with E-state index in [0.717, 1.165) is 28.9 Å². The van der Waals surface area contributed by atoms with Crippen LogP contribution in [-0.4, -0.2) is 30.6 Å². The summed E-state index contributed by atoms with van der Waals surface area (Å²) in [5, 5.41) is 3.44. The number of nitrogens with zero attached hydrogens (tertiary/aromatic N) is 1. The summed E-state index contributed by atoms with van der Waals surface area (Å²) >= 11 is 3.38. The Morgan fingerprint density at radius 2 is 2.00 bits per heavy atom. The molecule has 0 radical (unpaired) electrons. The molecule has 1 aromatic rings. The van der Waals surface area contributed by atoms with Crippen molar-refractivity contribution in [3.05, 3.63) is 22.6 Å². The molecule has 2 aliphatic rings. The number of piperidine rings is 1. The molecule has 1 saturated carbocycles. The highest BCUT2D eigenvalue weighted by molar-refractivity contribution is 9.10. The van der Waals surface area contributed by atoms with Gasteiger partial charge in [0.05, 0.1) is 6.54 Å². The molecule has 1 saturated heterocycles. The van der Waals surface area contributed by atoms with Crippen molar-refractivity contribution in [1.82, 2.24) is 10.2 Å². The Labute approximate surface area is 117 Å². The second kappa shape index (κ2) is 5.76. The minimum Gasteiger partial charge on any atom is -0.453 e. The fourth-order valence-corrected chi connectivity index (χ4v) is 3.16. The fourth-order valence-electron chi connectivity index (χ4n) is 2.82. The number of nitrogens with one attached hydrogen (secondary N) is 1. The smallest absolute Gasteiger partial charge is 0.169 e. The second-order valence-electron chi connectivity index (χ2n) is 5.56. The van der Waals surface area contributed by atoms with Crippen LogP contribution in [0.15, 0.2) is 21.2 Å². The molecule has 100 valence electrons. The van der Waals surface area contributed by atoms with E-state index in [2.05, 4.69) is 32.2 Å². The quantitative estimate of drug-likeness (QED) is 0.906. The fraction of sp³-hybridized carbons (Fsp3) is 0.714. The van der Waals surface area contributed by atoms with Crippen molar-refractivity contribution >= 4 is 15.9 Å². The first-order valence-electron chi connectivity index (χ1n) is 7.00. The van der Waals surface area contributed by atoms with Crippen LogP contribution in [0.2, 0.25) is 0 Å². The van der Waals surface area contributed by atoms with Gasteiger partial charge in [-0.2, -0.15) is 0 Å². The lowest BCUT2D eigenvalue weighted by molar-refractivity contribution is 0.178. The van der Waals surface area contributed by atoms with E-state index in [-0.39, 0.29) is 0 Å². The van der Waals surface area contributed by atoms with Crippen molar-refractivity contribution in [2.75, 3.05) is 19.6 Å². The largest absolute Gasteiger partial charge is 0.453 e. The van der Waals surface area contributed by atoms with Gasteiger partial charge in [0.2, 0.25) is 0 Å². The van der Waals surface area contributed by atoms with Gasteiger partial charge in [0.1, 0.15) is 5.76 Å². The Hall–Kier alpha value is -0.320. The van der Waals surface area contributed by atoms with Crippen molar-refractivity contribution in [2.45, 2.75) is 38.3 Å². The Morgan fingerprint density at radius 3 is 2.61 bits per heavy atom. The second-order valence-corrected chi connectivity index (χ2v) is 6.34. The molecule has 1 N–H and O–H groups in total. The van der Waals surface area contributed by atoms with Gasteiger partial charge in [-0.1, -0.05) is 0 Å². The topological polar surface area (TPSA) is 28.4 Å². The highest BCUT2D eigenvalue weighted by Crippen LogP contribution is 2.31. The summed E-state index contributed by atoms with van der Waals surface area (Å²) in [6.45, 7) is 4.59. The van der Waals surface area contributed by atoms with Crippen LogP contribution < -0.4 is 5.32 Å². The third-order valence-corrected chi connectivity index (χ3v) is 4.43. The summed E-state index contributed by atoms with van der Waals surface area (Å²) in [6.07, 6.45) is 5.38. The van der Waals surface area contributed by atoms with E-state index in [1.165, 1.54) is 45.3 Å². The summed E-state index contributed by atoms with van der Waals surface area (Å²) in [5.41, 5.74) is 0. The molecule has 3 rings (SSSR count). The van der Waals surface area contributed by atoms with Crippen molar-refractivity contribution in [1.29, 1.82) is 0 Å². The maximum absolute atomic E-state index is 5.64. The first-order chi connectivity index (χ1) is 8.81. The van der Waals surface area contributed by atoms with E-state index in [1.807, 2.05) is 6.07 Å². The van der Waals surface area contributed by atoms with Crippen LogP contribution in [0.25, 0.3) is 0 Å². The lowest BCUT2D eigenvalue weighted by Gasteiger charge is -2.29. The van der Waals surface area contributed by atoms with Gasteiger partial charge in [-0.3, -0.25) is 4.90 Å². The zero-order valence-electron chi connectivity index (χ0n) is 10.7. The van der Waals surface area contributed by atoms with E-state index in [9.17, 15) is 0 Å². The van der Waals surface area contributed by atoms with Gasteiger partial charge in [0, 0.05) is 12.6 Å². The van der Waals surface area contributed by atoms with Crippen LogP contribution in [0.1, 0.15) is 31.4 Å². The number of furan rings is 1. The average Bonchev–Trinajstić information content (AvgIpc) is 3.15. The Kier molecular flexibility index (Phi) is 4.07. The average molecular weight is 313 g/mol. The van der Waals surface area contributed by atoms with Gasteiger partial charge >= 0.3 is 0 Å². The molecule has 1 aliphatic heterocycles. The first-order valence-corrected chi connectivity index (χ1v) is 7.79. The standard InChI is InChI=1S/C14H21BrN2O/c15-14-4-3-13(18-14)10-17(12-1-2-12)9-11-5-7-16-8-6-11/h3-4,11-12,16H,1-2,5-10H2. The first kappa shape index (κ1) is 12.7. The summed E-state index contributed by atoms with van der Waals surface area (Å²) < 4.78 is 6.49. The number of halogens is 1. The molecule has 2 heterocycles. The minimum atomic E-state index is 0.809. The molecule has 0 spiro atoms. The molecule has 0 unspecified atom stereocenters. The zero-order chi connectivity index (χ0) is 12.4.